The first-order valence-electron chi connectivity index (χ1n) is 11.2. The first kappa shape index (κ1) is 26.0. The predicted molar refractivity (Wildman–Crippen MR) is 120 cm³/mol. The number of fused-ring (bicyclic) bond motifs is 1. The molecule has 0 spiro atoms. The third-order valence-electron chi connectivity index (χ3n) is 5.51. The fourth-order valence-corrected chi connectivity index (χ4v) is 3.84. The number of aliphatic carboxylic acids is 1. The summed E-state index contributed by atoms with van der Waals surface area (Å²) in [6.45, 7) is 2.12. The molecule has 3 rings (SSSR count). The first-order valence-corrected chi connectivity index (χ1v) is 11.2. The molecule has 8 nitrogen and oxygen atoms in total. The lowest BCUT2D eigenvalue weighted by molar-refractivity contribution is -0.142. The van der Waals surface area contributed by atoms with Gasteiger partial charge in [0.15, 0.2) is 0 Å². The van der Waals surface area contributed by atoms with Gasteiger partial charge >= 0.3 is 18.1 Å². The number of carbonyl (C=O) groups excluding carboxylic acids is 2. The first-order chi connectivity index (χ1) is 16.6. The second-order valence-electron chi connectivity index (χ2n) is 8.16. The van der Waals surface area contributed by atoms with Gasteiger partial charge in [-0.25, -0.2) is 4.98 Å². The summed E-state index contributed by atoms with van der Waals surface area (Å²) in [5.41, 5.74) is -0.361. The van der Waals surface area contributed by atoms with Crippen molar-refractivity contribution in [1.29, 1.82) is 0 Å². The van der Waals surface area contributed by atoms with Crippen LogP contribution in [0.4, 0.5) is 19.0 Å². The van der Waals surface area contributed by atoms with Crippen molar-refractivity contribution in [3.05, 3.63) is 53.2 Å². The van der Waals surface area contributed by atoms with Gasteiger partial charge in [-0.2, -0.15) is 13.2 Å². The van der Waals surface area contributed by atoms with Crippen molar-refractivity contribution in [2.24, 2.45) is 0 Å². The topological polar surface area (TPSA) is 109 Å². The highest BCUT2D eigenvalue weighted by molar-refractivity contribution is 5.81. The number of nitrogens with one attached hydrogen (secondary N) is 1. The number of carbonyl (C=O) groups is 3. The van der Waals surface area contributed by atoms with Crippen LogP contribution in [0.1, 0.15) is 55.5 Å². The quantitative estimate of drug-likeness (QED) is 0.419. The van der Waals surface area contributed by atoms with E-state index >= 15 is 0 Å². The van der Waals surface area contributed by atoms with Crippen molar-refractivity contribution >= 4 is 23.7 Å². The van der Waals surface area contributed by atoms with Gasteiger partial charge in [-0.15, -0.1) is 0 Å². The summed E-state index contributed by atoms with van der Waals surface area (Å²) in [7, 11) is 0. The molecule has 35 heavy (non-hydrogen) atoms. The number of carboxylic acids is 1. The van der Waals surface area contributed by atoms with Crippen LogP contribution in [0.3, 0.4) is 0 Å². The van der Waals surface area contributed by atoms with E-state index in [9.17, 15) is 32.7 Å². The van der Waals surface area contributed by atoms with E-state index in [-0.39, 0.29) is 43.3 Å². The van der Waals surface area contributed by atoms with Crippen molar-refractivity contribution in [2.45, 2.75) is 51.2 Å². The maximum absolute atomic E-state index is 13.2. The average Bonchev–Trinajstić information content (AvgIpc) is 2.96. The number of benzene rings is 1. The van der Waals surface area contributed by atoms with E-state index in [4.69, 9.17) is 4.74 Å². The van der Waals surface area contributed by atoms with E-state index < -0.39 is 36.2 Å². The van der Waals surface area contributed by atoms with Crippen LogP contribution in [0.5, 0.6) is 5.75 Å². The van der Waals surface area contributed by atoms with E-state index in [2.05, 4.69) is 10.3 Å². The molecule has 11 heteroatoms. The van der Waals surface area contributed by atoms with Gasteiger partial charge in [0, 0.05) is 25.1 Å². The van der Waals surface area contributed by atoms with Crippen molar-refractivity contribution in [3.8, 4) is 5.75 Å². The maximum Gasteiger partial charge on any atom is 0.433 e. The molecule has 2 N–H and O–H groups in total. The minimum absolute atomic E-state index is 0.0696. The second kappa shape index (κ2) is 11.2. The molecule has 188 valence electrons. The molecule has 0 fully saturated rings. The normalized spacial score (nSPS) is 15.5. The summed E-state index contributed by atoms with van der Waals surface area (Å²) in [5.74, 6) is -1.80. The summed E-state index contributed by atoms with van der Waals surface area (Å²) >= 11 is 0. The largest absolute Gasteiger partial charge is 0.481 e. The summed E-state index contributed by atoms with van der Waals surface area (Å²) < 4.78 is 44.6. The van der Waals surface area contributed by atoms with Crippen molar-refractivity contribution < 1.29 is 37.4 Å². The van der Waals surface area contributed by atoms with E-state index in [1.165, 1.54) is 4.90 Å². The van der Waals surface area contributed by atoms with Gasteiger partial charge in [0.1, 0.15) is 17.3 Å². The van der Waals surface area contributed by atoms with Crippen LogP contribution in [-0.2, 0) is 27.0 Å². The Morgan fingerprint density at radius 3 is 2.69 bits per heavy atom. The number of unbranched alkanes of at least 4 members (excludes halogenated alkanes) is 1. The molecule has 0 saturated heterocycles. The van der Waals surface area contributed by atoms with E-state index in [0.29, 0.717) is 17.7 Å². The molecule has 1 amide bonds. The Kier molecular flexibility index (Phi) is 8.31. The van der Waals surface area contributed by atoms with Gasteiger partial charge < -0.3 is 20.1 Å². The molecule has 1 aromatic carbocycles. The number of esters is 1. The number of pyridine rings is 1. The Bertz CT molecular complexity index is 1090. The highest BCUT2D eigenvalue weighted by atomic mass is 19.4. The number of amides is 1. The van der Waals surface area contributed by atoms with Crippen molar-refractivity contribution in [3.63, 3.8) is 0 Å². The van der Waals surface area contributed by atoms with E-state index in [0.717, 1.165) is 18.6 Å². The van der Waals surface area contributed by atoms with Gasteiger partial charge in [-0.3, -0.25) is 14.4 Å². The van der Waals surface area contributed by atoms with Crippen LogP contribution in [0, 0.1) is 0 Å². The molecule has 1 atom stereocenters. The molecule has 1 aromatic heterocycles. The summed E-state index contributed by atoms with van der Waals surface area (Å²) in [6, 6.07) is 7.41. The number of aromatic nitrogens is 1. The number of ether oxygens (including phenoxy) is 1. The molecule has 1 aliphatic rings. The molecule has 1 aliphatic heterocycles. The maximum atomic E-state index is 13.2. The Hall–Kier alpha value is -3.63. The van der Waals surface area contributed by atoms with Crippen molar-refractivity contribution in [1.82, 2.24) is 9.88 Å². The summed E-state index contributed by atoms with van der Waals surface area (Å²) in [4.78, 5) is 41.6. The van der Waals surface area contributed by atoms with Crippen LogP contribution in [-0.4, -0.2) is 45.9 Å². The number of carboxylic acid groups (broad SMARTS) is 1. The molecule has 0 unspecified atom stereocenters. The van der Waals surface area contributed by atoms with Gasteiger partial charge in [-0.1, -0.05) is 31.5 Å². The van der Waals surface area contributed by atoms with E-state index in [1.807, 2.05) is 6.92 Å². The molecule has 0 radical (unpaired) electrons. The number of nitrogens with zero attached hydrogens (tertiary/aromatic N) is 2. The highest BCUT2D eigenvalue weighted by Crippen LogP contribution is 2.36. The standard InChI is InChI=1S/C24H26F3N3O5/c1-2-3-7-22(34)35-16-6-4-5-15(12-16)13-20(31)30-11-10-28-23-17(18(30)14-21(32)33)8-9-19(29-23)24(25,26)27/h4-6,8-9,12,18H,2-3,7,10-11,13-14H2,1H3,(H,28,29)(H,32,33)/t18-/m1/s1. The smallest absolute Gasteiger partial charge is 0.433 e. The molecule has 0 aliphatic carbocycles. The molecule has 2 heterocycles. The van der Waals surface area contributed by atoms with Crippen LogP contribution in [0.25, 0.3) is 0 Å². The third-order valence-corrected chi connectivity index (χ3v) is 5.51. The molecule has 0 saturated carbocycles. The van der Waals surface area contributed by atoms with Crippen LogP contribution in [0.2, 0.25) is 0 Å². The van der Waals surface area contributed by atoms with Crippen molar-refractivity contribution in [2.75, 3.05) is 18.4 Å². The Morgan fingerprint density at radius 2 is 2.00 bits per heavy atom. The fourth-order valence-electron chi connectivity index (χ4n) is 3.84. The second-order valence-corrected chi connectivity index (χ2v) is 8.16. The lowest BCUT2D eigenvalue weighted by Crippen LogP contribution is -2.38. The highest BCUT2D eigenvalue weighted by Gasteiger charge is 2.36. The van der Waals surface area contributed by atoms with Crippen LogP contribution >= 0.6 is 0 Å². The Morgan fingerprint density at radius 1 is 1.23 bits per heavy atom. The number of halogens is 3. The number of hydrogen-bond acceptors (Lipinski definition) is 6. The van der Waals surface area contributed by atoms with Gasteiger partial charge in [0.2, 0.25) is 5.91 Å². The molecular formula is C24H26F3N3O5. The average molecular weight is 493 g/mol. The van der Waals surface area contributed by atoms with Gasteiger partial charge in [0.25, 0.3) is 0 Å². The number of anilines is 1. The minimum atomic E-state index is -4.66. The zero-order valence-electron chi connectivity index (χ0n) is 19.1. The SMILES string of the molecule is CCCCC(=O)Oc1cccc(CC(=O)N2CCNc3nc(C(F)(F)F)ccc3[C@H]2CC(=O)O)c1. The Labute approximate surface area is 200 Å². The number of alkyl halides is 3. The number of rotatable bonds is 8. The fraction of sp³-hybridized carbons (Fsp3) is 0.417. The monoisotopic (exact) mass is 493 g/mol. The zero-order chi connectivity index (χ0) is 25.6. The minimum Gasteiger partial charge on any atom is -0.481 e. The third kappa shape index (κ3) is 6.93. The Balaban J connectivity index is 1.82. The van der Waals surface area contributed by atoms with Gasteiger partial charge in [-0.05, 0) is 30.2 Å². The van der Waals surface area contributed by atoms with E-state index in [1.54, 1.807) is 24.3 Å². The van der Waals surface area contributed by atoms with Gasteiger partial charge in [0.05, 0.1) is 18.9 Å². The molecule has 0 bridgehead atoms. The zero-order valence-corrected chi connectivity index (χ0v) is 19.1. The summed E-state index contributed by atoms with van der Waals surface area (Å²) in [6.07, 6.45) is -3.44. The lowest BCUT2D eigenvalue weighted by Gasteiger charge is -2.29. The molecular weight excluding hydrogens is 467 g/mol. The number of hydrogen-bond donors (Lipinski definition) is 2. The molecule has 2 aromatic rings. The predicted octanol–water partition coefficient (Wildman–Crippen LogP) is 4.21. The van der Waals surface area contributed by atoms with Crippen LogP contribution < -0.4 is 10.1 Å². The van der Waals surface area contributed by atoms with Crippen LogP contribution in [0.15, 0.2) is 36.4 Å². The summed E-state index contributed by atoms with van der Waals surface area (Å²) in [5, 5.41) is 12.2. The lowest BCUT2D eigenvalue weighted by atomic mass is 10.0.